The predicted molar refractivity (Wildman–Crippen MR) is 71.8 cm³/mol. The van der Waals surface area contributed by atoms with Gasteiger partial charge < -0.3 is 10.6 Å². The molecule has 0 heterocycles. The molecule has 0 spiro atoms. The average Bonchev–Trinajstić information content (AvgIpc) is 2.29. The first-order chi connectivity index (χ1) is 8.13. The number of thioether (sulfide) groups is 1. The number of nitrogens with one attached hydrogen (secondary N) is 2. The second-order valence-corrected chi connectivity index (χ2v) is 4.50. The van der Waals surface area contributed by atoms with Crippen LogP contribution in [0.5, 0.6) is 0 Å². The Labute approximate surface area is 105 Å². The molecule has 0 aliphatic heterocycles. The van der Waals surface area contributed by atoms with E-state index in [1.165, 1.54) is 6.92 Å². The summed E-state index contributed by atoms with van der Waals surface area (Å²) in [6.07, 6.45) is 1.98. The summed E-state index contributed by atoms with van der Waals surface area (Å²) in [6.45, 7) is 2.12. The Balaban J connectivity index is 2.53. The van der Waals surface area contributed by atoms with Crippen LogP contribution < -0.4 is 10.6 Å². The van der Waals surface area contributed by atoms with Crippen molar-refractivity contribution < 1.29 is 9.59 Å². The molecule has 0 unspecified atom stereocenters. The van der Waals surface area contributed by atoms with Crippen molar-refractivity contribution in [3.8, 4) is 0 Å². The molecule has 0 radical (unpaired) electrons. The molecule has 0 bridgehead atoms. The van der Waals surface area contributed by atoms with Crippen LogP contribution in [0.3, 0.4) is 0 Å². The SMILES string of the molecule is CSCCNC(=O)Nc1cccc(C(C)=O)c1. The van der Waals surface area contributed by atoms with E-state index in [-0.39, 0.29) is 11.8 Å². The minimum atomic E-state index is -0.250. The Kier molecular flexibility index (Phi) is 5.56. The van der Waals surface area contributed by atoms with E-state index in [0.717, 1.165) is 5.75 Å². The average molecular weight is 252 g/mol. The molecule has 5 heteroatoms. The third-order valence-electron chi connectivity index (χ3n) is 2.12. The lowest BCUT2D eigenvalue weighted by molar-refractivity contribution is 0.101. The summed E-state index contributed by atoms with van der Waals surface area (Å²) in [5.74, 6) is 0.859. The van der Waals surface area contributed by atoms with E-state index in [4.69, 9.17) is 0 Å². The Morgan fingerprint density at radius 2 is 2.12 bits per heavy atom. The van der Waals surface area contributed by atoms with Gasteiger partial charge >= 0.3 is 6.03 Å². The molecule has 0 aliphatic rings. The highest BCUT2D eigenvalue weighted by Gasteiger charge is 2.03. The molecule has 0 saturated carbocycles. The van der Waals surface area contributed by atoms with Crippen molar-refractivity contribution in [3.05, 3.63) is 29.8 Å². The van der Waals surface area contributed by atoms with Crippen molar-refractivity contribution in [1.82, 2.24) is 5.32 Å². The maximum Gasteiger partial charge on any atom is 0.319 e. The number of anilines is 1. The summed E-state index contributed by atoms with van der Waals surface area (Å²) in [7, 11) is 0. The lowest BCUT2D eigenvalue weighted by atomic mass is 10.1. The van der Waals surface area contributed by atoms with Gasteiger partial charge in [-0.15, -0.1) is 0 Å². The van der Waals surface area contributed by atoms with Gasteiger partial charge in [-0.25, -0.2) is 4.79 Å². The van der Waals surface area contributed by atoms with Crippen LogP contribution in [0.2, 0.25) is 0 Å². The molecule has 0 aliphatic carbocycles. The van der Waals surface area contributed by atoms with Crippen LogP contribution in [0.4, 0.5) is 10.5 Å². The highest BCUT2D eigenvalue weighted by Crippen LogP contribution is 2.10. The van der Waals surface area contributed by atoms with Crippen LogP contribution in [0, 0.1) is 0 Å². The number of carbonyl (C=O) groups excluding carboxylic acids is 2. The van der Waals surface area contributed by atoms with Gasteiger partial charge in [0.2, 0.25) is 0 Å². The van der Waals surface area contributed by atoms with Crippen molar-refractivity contribution in [2.75, 3.05) is 23.9 Å². The monoisotopic (exact) mass is 252 g/mol. The number of hydrogen-bond acceptors (Lipinski definition) is 3. The van der Waals surface area contributed by atoms with Gasteiger partial charge in [0.05, 0.1) is 0 Å². The zero-order valence-electron chi connectivity index (χ0n) is 9.95. The molecule has 1 rings (SSSR count). The summed E-state index contributed by atoms with van der Waals surface area (Å²) in [6, 6.07) is 6.63. The summed E-state index contributed by atoms with van der Waals surface area (Å²) in [5.41, 5.74) is 1.21. The van der Waals surface area contributed by atoms with Crippen molar-refractivity contribution in [1.29, 1.82) is 0 Å². The number of amides is 2. The zero-order chi connectivity index (χ0) is 12.7. The Hall–Kier alpha value is -1.49. The molecule has 2 N–H and O–H groups in total. The molecule has 1 aromatic carbocycles. The van der Waals surface area contributed by atoms with E-state index in [9.17, 15) is 9.59 Å². The summed E-state index contributed by atoms with van der Waals surface area (Å²) in [5, 5.41) is 5.41. The molecule has 0 saturated heterocycles. The van der Waals surface area contributed by atoms with Crippen LogP contribution in [0.25, 0.3) is 0 Å². The Morgan fingerprint density at radius 1 is 1.35 bits per heavy atom. The third kappa shape index (κ3) is 4.91. The van der Waals surface area contributed by atoms with Gasteiger partial charge in [0.25, 0.3) is 0 Å². The summed E-state index contributed by atoms with van der Waals surface area (Å²) in [4.78, 5) is 22.6. The van der Waals surface area contributed by atoms with Crippen molar-refractivity contribution in [3.63, 3.8) is 0 Å². The number of Topliss-reactive ketones (excluding diaryl/α,β-unsaturated/α-hetero) is 1. The van der Waals surface area contributed by atoms with E-state index < -0.39 is 0 Å². The molecule has 92 valence electrons. The second kappa shape index (κ2) is 6.96. The molecule has 0 fully saturated rings. The number of urea groups is 1. The summed E-state index contributed by atoms with van der Waals surface area (Å²) >= 11 is 1.67. The molecule has 0 atom stereocenters. The normalized spacial score (nSPS) is 9.76. The van der Waals surface area contributed by atoms with Crippen LogP contribution in [-0.2, 0) is 0 Å². The molecule has 0 aromatic heterocycles. The molecular weight excluding hydrogens is 236 g/mol. The number of ketones is 1. The van der Waals surface area contributed by atoms with Crippen molar-refractivity contribution >= 4 is 29.3 Å². The van der Waals surface area contributed by atoms with E-state index in [2.05, 4.69) is 10.6 Å². The third-order valence-corrected chi connectivity index (χ3v) is 2.73. The topological polar surface area (TPSA) is 58.2 Å². The molecule has 1 aromatic rings. The first-order valence-electron chi connectivity index (χ1n) is 5.28. The maximum atomic E-state index is 11.5. The Bertz CT molecular complexity index is 407. The number of carbonyl (C=O) groups is 2. The van der Waals surface area contributed by atoms with E-state index >= 15 is 0 Å². The van der Waals surface area contributed by atoms with Crippen LogP contribution in [0.1, 0.15) is 17.3 Å². The predicted octanol–water partition coefficient (Wildman–Crippen LogP) is 2.37. The molecular formula is C12H16N2O2S. The summed E-state index contributed by atoms with van der Waals surface area (Å²) < 4.78 is 0. The van der Waals surface area contributed by atoms with Gasteiger partial charge in [-0.1, -0.05) is 12.1 Å². The van der Waals surface area contributed by atoms with E-state index in [1.54, 1.807) is 36.0 Å². The van der Waals surface area contributed by atoms with Gasteiger partial charge in [0.15, 0.2) is 5.78 Å². The van der Waals surface area contributed by atoms with Crippen LogP contribution in [0.15, 0.2) is 24.3 Å². The zero-order valence-corrected chi connectivity index (χ0v) is 10.8. The highest BCUT2D eigenvalue weighted by molar-refractivity contribution is 7.98. The van der Waals surface area contributed by atoms with Crippen LogP contribution >= 0.6 is 11.8 Å². The first kappa shape index (κ1) is 13.6. The highest BCUT2D eigenvalue weighted by atomic mass is 32.2. The standard InChI is InChI=1S/C12H16N2O2S/c1-9(15)10-4-3-5-11(8-10)14-12(16)13-6-7-17-2/h3-5,8H,6-7H2,1-2H3,(H2,13,14,16). The fourth-order valence-electron chi connectivity index (χ4n) is 1.26. The van der Waals surface area contributed by atoms with Gasteiger partial charge in [0.1, 0.15) is 0 Å². The van der Waals surface area contributed by atoms with E-state index in [0.29, 0.717) is 17.8 Å². The maximum absolute atomic E-state index is 11.5. The minimum Gasteiger partial charge on any atom is -0.337 e. The molecule has 4 nitrogen and oxygen atoms in total. The van der Waals surface area contributed by atoms with Crippen LogP contribution in [-0.4, -0.2) is 30.4 Å². The number of hydrogen-bond donors (Lipinski definition) is 2. The second-order valence-electron chi connectivity index (χ2n) is 3.51. The quantitative estimate of drug-likeness (QED) is 0.625. The molecule has 17 heavy (non-hydrogen) atoms. The fraction of sp³-hybridized carbons (Fsp3) is 0.333. The fourth-order valence-corrected chi connectivity index (χ4v) is 1.56. The molecule has 2 amide bonds. The van der Waals surface area contributed by atoms with Crippen molar-refractivity contribution in [2.24, 2.45) is 0 Å². The Morgan fingerprint density at radius 3 is 2.76 bits per heavy atom. The van der Waals surface area contributed by atoms with Gasteiger partial charge in [-0.05, 0) is 25.3 Å². The lowest BCUT2D eigenvalue weighted by Gasteiger charge is -2.07. The smallest absolute Gasteiger partial charge is 0.319 e. The number of rotatable bonds is 5. The van der Waals surface area contributed by atoms with Gasteiger partial charge in [0, 0.05) is 23.5 Å². The van der Waals surface area contributed by atoms with E-state index in [1.807, 2.05) is 6.26 Å². The van der Waals surface area contributed by atoms with Crippen molar-refractivity contribution in [2.45, 2.75) is 6.92 Å². The largest absolute Gasteiger partial charge is 0.337 e. The van der Waals surface area contributed by atoms with Gasteiger partial charge in [-0.3, -0.25) is 4.79 Å². The van der Waals surface area contributed by atoms with Gasteiger partial charge in [-0.2, -0.15) is 11.8 Å². The minimum absolute atomic E-state index is 0.0172. The first-order valence-corrected chi connectivity index (χ1v) is 6.67. The lowest BCUT2D eigenvalue weighted by Crippen LogP contribution is -2.30. The number of benzene rings is 1.